The van der Waals surface area contributed by atoms with Crippen LogP contribution in [-0.2, 0) is 0 Å². The highest BCUT2D eigenvalue weighted by Gasteiger charge is 1.85. The fourth-order valence-electron chi connectivity index (χ4n) is 1.13. The van der Waals surface area contributed by atoms with Gasteiger partial charge in [-0.3, -0.25) is 0 Å². The highest BCUT2D eigenvalue weighted by Crippen LogP contribution is 2.11. The van der Waals surface area contributed by atoms with E-state index in [2.05, 4.69) is 48.5 Å². The lowest BCUT2D eigenvalue weighted by atomic mass is 10.1. The minimum absolute atomic E-state index is 0.167. The summed E-state index contributed by atoms with van der Waals surface area (Å²) in [7, 11) is 0. The third kappa shape index (κ3) is 6.20. The lowest BCUT2D eigenvalue weighted by molar-refractivity contribution is 0.216. The highest BCUT2D eigenvalue weighted by atomic mass is 16.3. The van der Waals surface area contributed by atoms with Crippen LogP contribution < -0.4 is 0 Å². The normalized spacial score (nSPS) is 8.88. The Morgan fingerprint density at radius 1 is 0.750 bits per heavy atom. The van der Waals surface area contributed by atoms with Crippen LogP contribution in [0.2, 0.25) is 0 Å². The number of aliphatic hydroxyl groups is 1. The first kappa shape index (κ1) is 14.7. The summed E-state index contributed by atoms with van der Waals surface area (Å²) in [5.74, 6) is 0. The summed E-state index contributed by atoms with van der Waals surface area (Å²) in [6.45, 7) is 7.44. The van der Waals surface area contributed by atoms with E-state index < -0.39 is 0 Å². The first-order valence-corrected chi connectivity index (χ1v) is 5.82. The zero-order valence-corrected chi connectivity index (χ0v) is 10.6. The number of rotatable bonds is 0. The van der Waals surface area contributed by atoms with E-state index in [1.54, 1.807) is 13.8 Å². The van der Waals surface area contributed by atoms with Crippen molar-refractivity contribution in [3.05, 3.63) is 48.5 Å². The number of hydrogen-bond donors (Lipinski definition) is 1. The number of benzene rings is 2. The largest absolute Gasteiger partial charge is 0.394 e. The van der Waals surface area contributed by atoms with Crippen LogP contribution in [0.5, 0.6) is 0 Å². The fraction of sp³-hybridized carbons (Fsp3) is 0.333. The van der Waals surface area contributed by atoms with E-state index in [0.717, 1.165) is 0 Å². The molecule has 2 rings (SSSR count). The monoisotopic (exact) mass is 218 g/mol. The van der Waals surface area contributed by atoms with Gasteiger partial charge >= 0.3 is 0 Å². The zero-order valence-electron chi connectivity index (χ0n) is 10.6. The molecule has 0 atom stereocenters. The first-order valence-electron chi connectivity index (χ1n) is 5.82. The molecule has 0 aliphatic rings. The second-order valence-electron chi connectivity index (χ2n) is 3.44. The summed E-state index contributed by atoms with van der Waals surface area (Å²) in [5.41, 5.74) is 0. The van der Waals surface area contributed by atoms with E-state index >= 15 is 0 Å². The SMILES string of the molecule is CC.CC(C)O.c1ccc2ccccc2c1. The lowest BCUT2D eigenvalue weighted by Crippen LogP contribution is -1.85. The summed E-state index contributed by atoms with van der Waals surface area (Å²) in [4.78, 5) is 0. The van der Waals surface area contributed by atoms with Crippen molar-refractivity contribution in [3.63, 3.8) is 0 Å². The average Bonchev–Trinajstić information content (AvgIpc) is 2.31. The summed E-state index contributed by atoms with van der Waals surface area (Å²) in [6.07, 6.45) is -0.167. The molecule has 0 aromatic heterocycles. The third-order valence-electron chi connectivity index (χ3n) is 1.66. The van der Waals surface area contributed by atoms with Crippen LogP contribution >= 0.6 is 0 Å². The maximum absolute atomic E-state index is 8.06. The van der Waals surface area contributed by atoms with E-state index in [9.17, 15) is 0 Å². The second kappa shape index (κ2) is 8.93. The summed E-state index contributed by atoms with van der Waals surface area (Å²) >= 11 is 0. The maximum atomic E-state index is 8.06. The van der Waals surface area contributed by atoms with Gasteiger partial charge in [0.05, 0.1) is 0 Å². The molecule has 0 radical (unpaired) electrons. The van der Waals surface area contributed by atoms with Gasteiger partial charge in [0.25, 0.3) is 0 Å². The van der Waals surface area contributed by atoms with Crippen LogP contribution in [0.4, 0.5) is 0 Å². The van der Waals surface area contributed by atoms with Crippen LogP contribution in [-0.4, -0.2) is 11.2 Å². The molecule has 0 saturated carbocycles. The van der Waals surface area contributed by atoms with Gasteiger partial charge in [-0.2, -0.15) is 0 Å². The van der Waals surface area contributed by atoms with Gasteiger partial charge in [0.2, 0.25) is 0 Å². The van der Waals surface area contributed by atoms with Crippen LogP contribution in [0, 0.1) is 0 Å². The summed E-state index contributed by atoms with van der Waals surface area (Å²) in [5, 5.41) is 10.7. The molecule has 1 heteroatoms. The molecule has 2 aromatic rings. The molecule has 88 valence electrons. The second-order valence-corrected chi connectivity index (χ2v) is 3.44. The van der Waals surface area contributed by atoms with Crippen molar-refractivity contribution < 1.29 is 5.11 Å². The van der Waals surface area contributed by atoms with Gasteiger partial charge in [0, 0.05) is 6.10 Å². The molecule has 0 spiro atoms. The topological polar surface area (TPSA) is 20.2 Å². The maximum Gasteiger partial charge on any atom is 0.0483 e. The third-order valence-corrected chi connectivity index (χ3v) is 1.66. The van der Waals surface area contributed by atoms with Gasteiger partial charge in [-0.15, -0.1) is 0 Å². The standard InChI is InChI=1S/C10H8.C3H8O.C2H6/c1-2-6-10-8-4-3-7-9(10)5-1;1-3(2)4;1-2/h1-8H;3-4H,1-2H3;1-2H3. The van der Waals surface area contributed by atoms with Crippen molar-refractivity contribution in [3.8, 4) is 0 Å². The summed E-state index contributed by atoms with van der Waals surface area (Å²) in [6, 6.07) is 16.7. The van der Waals surface area contributed by atoms with Crippen LogP contribution in [0.3, 0.4) is 0 Å². The lowest BCUT2D eigenvalue weighted by Gasteiger charge is -1.92. The number of fused-ring (bicyclic) bond motifs is 1. The molecule has 0 bridgehead atoms. The first-order chi connectivity index (χ1) is 7.70. The minimum Gasteiger partial charge on any atom is -0.394 e. The van der Waals surface area contributed by atoms with Gasteiger partial charge in [-0.1, -0.05) is 62.4 Å². The van der Waals surface area contributed by atoms with E-state index in [-0.39, 0.29) is 6.10 Å². The smallest absolute Gasteiger partial charge is 0.0483 e. The van der Waals surface area contributed by atoms with Crippen molar-refractivity contribution >= 4 is 10.8 Å². The molecule has 1 N–H and O–H groups in total. The molecule has 16 heavy (non-hydrogen) atoms. The molecule has 0 saturated heterocycles. The van der Waals surface area contributed by atoms with Crippen molar-refractivity contribution in [1.82, 2.24) is 0 Å². The minimum atomic E-state index is -0.167. The molecule has 0 unspecified atom stereocenters. The fourth-order valence-corrected chi connectivity index (χ4v) is 1.13. The van der Waals surface area contributed by atoms with E-state index in [0.29, 0.717) is 0 Å². The predicted molar refractivity (Wildman–Crippen MR) is 72.7 cm³/mol. The van der Waals surface area contributed by atoms with Gasteiger partial charge in [-0.25, -0.2) is 0 Å². The van der Waals surface area contributed by atoms with E-state index in [4.69, 9.17) is 5.11 Å². The van der Waals surface area contributed by atoms with E-state index in [1.165, 1.54) is 10.8 Å². The number of aliphatic hydroxyl groups excluding tert-OH is 1. The molecule has 2 aromatic carbocycles. The Morgan fingerprint density at radius 3 is 1.12 bits per heavy atom. The van der Waals surface area contributed by atoms with Gasteiger partial charge in [0.15, 0.2) is 0 Å². The van der Waals surface area contributed by atoms with Gasteiger partial charge in [-0.05, 0) is 24.6 Å². The molecule has 0 aliphatic heterocycles. The predicted octanol–water partition coefficient (Wildman–Crippen LogP) is 4.25. The van der Waals surface area contributed by atoms with Crippen LogP contribution in [0.15, 0.2) is 48.5 Å². The van der Waals surface area contributed by atoms with Crippen LogP contribution in [0.1, 0.15) is 27.7 Å². The Hall–Kier alpha value is -1.34. The van der Waals surface area contributed by atoms with Gasteiger partial charge in [0.1, 0.15) is 0 Å². The van der Waals surface area contributed by atoms with E-state index in [1.807, 2.05) is 13.8 Å². The van der Waals surface area contributed by atoms with Gasteiger partial charge < -0.3 is 5.11 Å². The Bertz CT molecular complexity index is 312. The molecule has 0 aliphatic carbocycles. The van der Waals surface area contributed by atoms with Crippen molar-refractivity contribution in [2.45, 2.75) is 33.8 Å². The van der Waals surface area contributed by atoms with Crippen molar-refractivity contribution in [2.75, 3.05) is 0 Å². The average molecular weight is 218 g/mol. The molecular weight excluding hydrogens is 196 g/mol. The Kier molecular flexibility index (Phi) is 8.18. The molecule has 0 fully saturated rings. The van der Waals surface area contributed by atoms with Crippen molar-refractivity contribution in [2.24, 2.45) is 0 Å². The molecule has 0 amide bonds. The zero-order chi connectivity index (χ0) is 12.4. The van der Waals surface area contributed by atoms with Crippen molar-refractivity contribution in [1.29, 1.82) is 0 Å². The summed E-state index contributed by atoms with van der Waals surface area (Å²) < 4.78 is 0. The molecule has 0 heterocycles. The Morgan fingerprint density at radius 2 is 0.938 bits per heavy atom. The Labute approximate surface area is 98.7 Å². The molecular formula is C15H22O. The van der Waals surface area contributed by atoms with Crippen LogP contribution in [0.25, 0.3) is 10.8 Å². The number of hydrogen-bond acceptors (Lipinski definition) is 1. The molecule has 1 nitrogen and oxygen atoms in total. The quantitative estimate of drug-likeness (QED) is 0.700. The Balaban J connectivity index is 0.000000323. The highest BCUT2D eigenvalue weighted by molar-refractivity contribution is 5.81.